The van der Waals surface area contributed by atoms with Gasteiger partial charge in [-0.15, -0.1) is 21.1 Å². The van der Waals surface area contributed by atoms with Crippen molar-refractivity contribution in [1.82, 2.24) is 29.6 Å². The quantitative estimate of drug-likeness (QED) is 0.0103. The molecule has 0 bridgehead atoms. The number of hydrogen-bond donors (Lipinski definition) is 6. The number of alkyl carbamates (subject to hydrolysis) is 1. The first kappa shape index (κ1) is 55.0. The SMILES string of the molecule is Cn1c(NC(c2ccccc2)(c2ccccc2)c2ccccc2)c(NC(=O)NCCNC(=O)OC(C)(C)C)c[n+]1CC1=C(C(=O)O)N2C(=O)[C@@H](CC(=O)/C(=N\OC(C)(C)C(=O)OC(C)(C)C)c3nsc(N)n3)[C@H]2SC1. The number of nitrogens with one attached hydrogen (secondary N) is 4. The van der Waals surface area contributed by atoms with E-state index in [1.54, 1.807) is 64.2 Å². The number of amides is 4. The fourth-order valence-corrected chi connectivity index (χ4v) is 10.2. The molecule has 0 radical (unpaired) electrons. The first-order valence-corrected chi connectivity index (χ1v) is 25.8. The molecule has 23 heteroatoms. The Morgan fingerprint density at radius 1 is 0.840 bits per heavy atom. The fraction of sp³-hybridized carbons (Fsp3) is 0.385. The van der Waals surface area contributed by atoms with Gasteiger partial charge in [0.05, 0.1) is 18.3 Å². The summed E-state index contributed by atoms with van der Waals surface area (Å²) in [5.74, 6) is -3.95. The number of aromatic nitrogens is 4. The number of nitrogen functional groups attached to an aromatic ring is 1. The zero-order chi connectivity index (χ0) is 54.5. The van der Waals surface area contributed by atoms with Crippen molar-refractivity contribution in [3.63, 3.8) is 0 Å². The molecular weight excluding hydrogens is 1000 g/mol. The third-order valence-corrected chi connectivity index (χ3v) is 13.7. The van der Waals surface area contributed by atoms with Gasteiger partial charge in [0, 0.05) is 42.4 Å². The summed E-state index contributed by atoms with van der Waals surface area (Å²) in [6, 6.07) is 28.9. The van der Waals surface area contributed by atoms with E-state index in [0.29, 0.717) is 17.1 Å². The molecule has 396 valence electrons. The Labute approximate surface area is 442 Å². The molecule has 5 aromatic rings. The van der Waals surface area contributed by atoms with Crippen molar-refractivity contribution in [2.24, 2.45) is 18.1 Å². The van der Waals surface area contributed by atoms with Crippen LogP contribution in [0.2, 0.25) is 0 Å². The zero-order valence-electron chi connectivity index (χ0n) is 43.1. The number of nitrogens with two attached hydrogens (primary N) is 1. The average molecular weight is 1070 g/mol. The van der Waals surface area contributed by atoms with Gasteiger partial charge in [-0.2, -0.15) is 9.36 Å². The molecule has 7 N–H and O–H groups in total. The van der Waals surface area contributed by atoms with Gasteiger partial charge in [0.2, 0.25) is 23.5 Å². The number of carboxylic acids is 1. The van der Waals surface area contributed by atoms with Crippen LogP contribution in [-0.2, 0) is 52.6 Å². The van der Waals surface area contributed by atoms with Gasteiger partial charge in [-0.05, 0) is 72.1 Å². The molecule has 0 unspecified atom stereocenters. The predicted molar refractivity (Wildman–Crippen MR) is 282 cm³/mol. The van der Waals surface area contributed by atoms with E-state index in [1.807, 2.05) is 91.0 Å². The number of rotatable bonds is 19. The number of esters is 1. The van der Waals surface area contributed by atoms with Gasteiger partial charge >= 0.3 is 24.1 Å². The Morgan fingerprint density at radius 3 is 1.92 bits per heavy atom. The van der Waals surface area contributed by atoms with E-state index in [1.165, 1.54) is 30.5 Å². The third kappa shape index (κ3) is 12.8. The molecule has 2 aliphatic heterocycles. The van der Waals surface area contributed by atoms with Crippen LogP contribution in [0, 0.1) is 5.92 Å². The van der Waals surface area contributed by atoms with Crippen LogP contribution in [0.25, 0.3) is 0 Å². The van der Waals surface area contributed by atoms with Gasteiger partial charge in [-0.1, -0.05) is 96.2 Å². The zero-order valence-corrected chi connectivity index (χ0v) is 44.8. The number of oxime groups is 1. The Balaban J connectivity index is 1.20. The smallest absolute Gasteiger partial charge is 0.407 e. The van der Waals surface area contributed by atoms with Crippen LogP contribution in [0.15, 0.2) is 114 Å². The Bertz CT molecular complexity index is 2910. The summed E-state index contributed by atoms with van der Waals surface area (Å²) >= 11 is 2.10. The number of carbonyl (C=O) groups is 6. The summed E-state index contributed by atoms with van der Waals surface area (Å²) < 4.78 is 18.4. The van der Waals surface area contributed by atoms with E-state index in [2.05, 4.69) is 35.8 Å². The van der Waals surface area contributed by atoms with E-state index in [-0.39, 0.29) is 47.8 Å². The van der Waals surface area contributed by atoms with Crippen molar-refractivity contribution in [2.45, 2.75) is 96.1 Å². The van der Waals surface area contributed by atoms with Crippen molar-refractivity contribution >= 4 is 81.4 Å². The normalized spacial score (nSPS) is 16.0. The first-order valence-electron chi connectivity index (χ1n) is 24.0. The van der Waals surface area contributed by atoms with Crippen LogP contribution in [0.4, 0.5) is 26.2 Å². The number of aliphatic carboxylic acids is 1. The second-order valence-corrected chi connectivity index (χ2v) is 22.1. The number of fused-ring (bicyclic) bond motifs is 1. The molecule has 0 saturated carbocycles. The van der Waals surface area contributed by atoms with Crippen LogP contribution in [0.1, 0.15) is 84.3 Å². The number of β-lactam (4-membered cyclic amide) rings is 1. The number of ether oxygens (including phenoxy) is 2. The minimum absolute atomic E-state index is 0.0344. The van der Waals surface area contributed by atoms with Crippen LogP contribution in [-0.4, -0.2) is 107 Å². The molecule has 1 saturated heterocycles. The van der Waals surface area contributed by atoms with E-state index >= 15 is 0 Å². The molecule has 21 nitrogen and oxygen atoms in total. The Kier molecular flexibility index (Phi) is 16.4. The molecular formula is C52H62N11O10S2+. The number of nitrogens with zero attached hydrogens (tertiary/aromatic N) is 6. The van der Waals surface area contributed by atoms with Gasteiger partial charge < -0.3 is 41.1 Å². The Morgan fingerprint density at radius 2 is 1.40 bits per heavy atom. The molecule has 4 heterocycles. The number of thioether (sulfide) groups is 1. The van der Waals surface area contributed by atoms with Gasteiger partial charge in [0.15, 0.2) is 34.7 Å². The number of ketones is 1. The van der Waals surface area contributed by atoms with Crippen molar-refractivity contribution in [3.8, 4) is 0 Å². The number of urea groups is 1. The number of carboxylic acid groups (broad SMARTS) is 1. The highest BCUT2D eigenvalue weighted by Crippen LogP contribution is 2.46. The molecule has 2 atom stereocenters. The molecule has 0 spiro atoms. The molecule has 4 amide bonds. The van der Waals surface area contributed by atoms with E-state index in [4.69, 9.17) is 20.0 Å². The van der Waals surface area contributed by atoms with Crippen LogP contribution in [0.5, 0.6) is 0 Å². The largest absolute Gasteiger partial charge is 0.477 e. The van der Waals surface area contributed by atoms with Gasteiger partial charge in [-0.25, -0.2) is 19.2 Å². The molecule has 7 rings (SSSR count). The standard InChI is InChI=1S/C52H61N11O10S2/c1-49(2,3)71-45(68)51(7,8)73-59-38(40-57-46(53)75-60-40)37(64)27-35-42(65)63-39(44(66)67)31(30-74-43(35)63)28-62-29-36(56-47(69)54-25-26-55-48(70)72-50(4,5)6)41(61(62)9)58-52(32-19-13-10-14-20-32,33-21-15-11-16-22-33)34-23-17-12-18-24-34/h10-24,29,35,43H,25-28,30H2,1-9H3,(H6,53,54,55,56,57,60,66,67,69,70)/p+1/b59-38+/t35-,43-/m1/s1. The number of benzene rings is 3. The summed E-state index contributed by atoms with van der Waals surface area (Å²) in [6.45, 7) is 13.2. The lowest BCUT2D eigenvalue weighted by atomic mass is 9.77. The molecule has 2 aromatic heterocycles. The highest BCUT2D eigenvalue weighted by atomic mass is 32.2. The highest BCUT2D eigenvalue weighted by molar-refractivity contribution is 8.00. The summed E-state index contributed by atoms with van der Waals surface area (Å²) in [4.78, 5) is 91.4. The lowest BCUT2D eigenvalue weighted by Gasteiger charge is -2.49. The second kappa shape index (κ2) is 22.4. The molecule has 0 aliphatic carbocycles. The fourth-order valence-electron chi connectivity index (χ4n) is 8.35. The second-order valence-electron chi connectivity index (χ2n) is 20.2. The van der Waals surface area contributed by atoms with Gasteiger partial charge in [0.25, 0.3) is 0 Å². The predicted octanol–water partition coefficient (Wildman–Crippen LogP) is 6.17. The summed E-state index contributed by atoms with van der Waals surface area (Å²) in [6.07, 6.45) is 0.625. The monoisotopic (exact) mass is 1060 g/mol. The topological polar surface area (TPSA) is 275 Å². The van der Waals surface area contributed by atoms with Crippen molar-refractivity contribution < 1.29 is 52.9 Å². The minimum atomic E-state index is -1.65. The van der Waals surface area contributed by atoms with Crippen molar-refractivity contribution in [3.05, 3.63) is 131 Å². The number of carbonyl (C=O) groups excluding carboxylic acids is 5. The summed E-state index contributed by atoms with van der Waals surface area (Å²) in [5, 5.41) is 26.3. The minimum Gasteiger partial charge on any atom is -0.477 e. The molecule has 1 fully saturated rings. The maximum absolute atomic E-state index is 14.1. The number of hydrogen-bond acceptors (Lipinski definition) is 16. The van der Waals surface area contributed by atoms with Crippen LogP contribution in [0.3, 0.4) is 0 Å². The maximum atomic E-state index is 14.1. The summed E-state index contributed by atoms with van der Waals surface area (Å²) in [7, 11) is 1.76. The Hall–Kier alpha value is -7.79. The summed E-state index contributed by atoms with van der Waals surface area (Å²) in [5.41, 5.74) is 4.29. The number of anilines is 3. The maximum Gasteiger partial charge on any atom is 0.407 e. The third-order valence-electron chi connectivity index (χ3n) is 11.8. The van der Waals surface area contributed by atoms with Gasteiger partial charge in [-0.3, -0.25) is 19.8 Å². The van der Waals surface area contributed by atoms with E-state index in [0.717, 1.165) is 28.2 Å². The first-order chi connectivity index (χ1) is 35.4. The van der Waals surface area contributed by atoms with Crippen LogP contribution < -0.4 is 31.7 Å². The van der Waals surface area contributed by atoms with Gasteiger partial charge in [0.1, 0.15) is 22.4 Å². The highest BCUT2D eigenvalue weighted by Gasteiger charge is 2.55. The average Bonchev–Trinajstić information content (AvgIpc) is 3.91. The van der Waals surface area contributed by atoms with Crippen molar-refractivity contribution in [2.75, 3.05) is 35.2 Å². The molecule has 3 aromatic carbocycles. The molecule has 75 heavy (non-hydrogen) atoms. The van der Waals surface area contributed by atoms with E-state index < -0.39 is 75.8 Å². The molecule has 2 aliphatic rings. The van der Waals surface area contributed by atoms with Crippen molar-refractivity contribution in [1.29, 1.82) is 0 Å². The number of Topliss-reactive ketones (excluding diaryl/α,β-unsaturated/α-hetero) is 1. The lowest BCUT2D eigenvalue weighted by molar-refractivity contribution is -0.765. The van der Waals surface area contributed by atoms with Crippen LogP contribution >= 0.6 is 23.3 Å². The van der Waals surface area contributed by atoms with E-state index in [9.17, 15) is 33.9 Å². The lowest BCUT2D eigenvalue weighted by Crippen LogP contribution is -2.62.